The van der Waals surface area contributed by atoms with Gasteiger partial charge in [-0.15, -0.1) is 0 Å². The standard InChI is InChI=1S/C50H43FN2O/c1-49(2)30-31-50(3,4)46-32-41(27-29-45(46)49)53(42-26-28-44-43-12-8-9-13-47(43)54-48(44)33-42)39-22-16-35(17-23-39)34-14-20-38(21-15-34)52(37-10-6-5-7-11-37)40-24-18-36(51)19-25-40/h5-29,32-33H,30-31H2,1-4H3. The van der Waals surface area contributed by atoms with Crippen molar-refractivity contribution in [2.24, 2.45) is 0 Å². The smallest absolute Gasteiger partial charge is 0.137 e. The molecule has 1 aromatic heterocycles. The van der Waals surface area contributed by atoms with E-state index in [0.29, 0.717) is 0 Å². The van der Waals surface area contributed by atoms with Crippen LogP contribution < -0.4 is 9.80 Å². The van der Waals surface area contributed by atoms with Gasteiger partial charge in [-0.05, 0) is 137 Å². The molecule has 0 radical (unpaired) electrons. The summed E-state index contributed by atoms with van der Waals surface area (Å²) in [4.78, 5) is 4.50. The zero-order chi connectivity index (χ0) is 37.0. The van der Waals surface area contributed by atoms with Crippen molar-refractivity contribution < 1.29 is 8.81 Å². The summed E-state index contributed by atoms with van der Waals surface area (Å²) in [7, 11) is 0. The Hall–Kier alpha value is -6.13. The van der Waals surface area contributed by atoms with Gasteiger partial charge in [-0.2, -0.15) is 0 Å². The van der Waals surface area contributed by atoms with Gasteiger partial charge < -0.3 is 14.2 Å². The number of fused-ring (bicyclic) bond motifs is 4. The molecular weight excluding hydrogens is 664 g/mol. The van der Waals surface area contributed by atoms with Crippen LogP contribution >= 0.6 is 0 Å². The minimum absolute atomic E-state index is 0.0814. The Bertz CT molecular complexity index is 2600. The summed E-state index contributed by atoms with van der Waals surface area (Å²) in [6, 6.07) is 56.1. The highest BCUT2D eigenvalue weighted by Crippen LogP contribution is 2.48. The van der Waals surface area contributed by atoms with Crippen LogP contribution in [0.25, 0.3) is 33.1 Å². The van der Waals surface area contributed by atoms with Crippen LogP contribution in [0.4, 0.5) is 38.5 Å². The first-order chi connectivity index (χ1) is 26.1. The molecule has 0 spiro atoms. The van der Waals surface area contributed by atoms with Crippen molar-refractivity contribution in [1.29, 1.82) is 0 Å². The van der Waals surface area contributed by atoms with Gasteiger partial charge >= 0.3 is 0 Å². The zero-order valence-electron chi connectivity index (χ0n) is 31.2. The predicted octanol–water partition coefficient (Wildman–Crippen LogP) is 14.7. The molecule has 1 aliphatic carbocycles. The number of furan rings is 1. The Kier molecular flexibility index (Phi) is 8.15. The van der Waals surface area contributed by atoms with Gasteiger partial charge in [0.05, 0.1) is 0 Å². The lowest BCUT2D eigenvalue weighted by Crippen LogP contribution is -2.34. The normalized spacial score (nSPS) is 14.5. The number of hydrogen-bond donors (Lipinski definition) is 0. The third kappa shape index (κ3) is 6.02. The van der Waals surface area contributed by atoms with Crippen LogP contribution in [-0.2, 0) is 10.8 Å². The SMILES string of the molecule is CC1(C)CCC(C)(C)c2cc(N(c3ccc(-c4ccc(N(c5ccccc5)c5ccc(F)cc5)cc4)cc3)c3ccc4c(c3)oc3ccccc34)ccc21. The maximum Gasteiger partial charge on any atom is 0.137 e. The summed E-state index contributed by atoms with van der Waals surface area (Å²) < 4.78 is 20.3. The van der Waals surface area contributed by atoms with Crippen molar-refractivity contribution in [2.75, 3.05) is 9.80 Å². The first-order valence-corrected chi connectivity index (χ1v) is 18.8. The summed E-state index contributed by atoms with van der Waals surface area (Å²) >= 11 is 0. The summed E-state index contributed by atoms with van der Waals surface area (Å²) in [6.07, 6.45) is 2.33. The first-order valence-electron chi connectivity index (χ1n) is 18.8. The van der Waals surface area contributed by atoms with Crippen LogP contribution in [-0.4, -0.2) is 0 Å². The van der Waals surface area contributed by atoms with E-state index in [2.05, 4.69) is 147 Å². The Morgan fingerprint density at radius 3 is 1.54 bits per heavy atom. The Labute approximate surface area is 316 Å². The molecule has 7 aromatic carbocycles. The first kappa shape index (κ1) is 33.7. The second-order valence-corrected chi connectivity index (χ2v) is 15.9. The molecule has 0 atom stereocenters. The van der Waals surface area contributed by atoms with Gasteiger partial charge in [0.15, 0.2) is 0 Å². The lowest BCUT2D eigenvalue weighted by molar-refractivity contribution is 0.332. The van der Waals surface area contributed by atoms with E-state index in [9.17, 15) is 4.39 Å². The summed E-state index contributed by atoms with van der Waals surface area (Å²) in [6.45, 7) is 9.52. The quantitative estimate of drug-likeness (QED) is 0.164. The van der Waals surface area contributed by atoms with E-state index >= 15 is 0 Å². The van der Waals surface area contributed by atoms with Crippen LogP contribution in [0.2, 0.25) is 0 Å². The third-order valence-electron chi connectivity index (χ3n) is 11.4. The minimum Gasteiger partial charge on any atom is -0.456 e. The molecule has 0 unspecified atom stereocenters. The van der Waals surface area contributed by atoms with Gasteiger partial charge in [0.2, 0.25) is 0 Å². The van der Waals surface area contributed by atoms with Crippen molar-refractivity contribution in [3.63, 3.8) is 0 Å². The molecular formula is C50H43FN2O. The van der Waals surface area contributed by atoms with Crippen LogP contribution in [0.3, 0.4) is 0 Å². The van der Waals surface area contributed by atoms with Crippen LogP contribution in [0.5, 0.6) is 0 Å². The Morgan fingerprint density at radius 2 is 0.889 bits per heavy atom. The van der Waals surface area contributed by atoms with E-state index in [0.717, 1.165) is 73.6 Å². The number of nitrogens with zero attached hydrogens (tertiary/aromatic N) is 2. The summed E-state index contributed by atoms with van der Waals surface area (Å²) in [5.41, 5.74) is 13.3. The lowest BCUT2D eigenvalue weighted by atomic mass is 9.63. The number of para-hydroxylation sites is 2. The van der Waals surface area contributed by atoms with Gasteiger partial charge in [0.1, 0.15) is 17.0 Å². The fourth-order valence-corrected chi connectivity index (χ4v) is 8.24. The number of rotatable bonds is 7. The maximum absolute atomic E-state index is 13.9. The summed E-state index contributed by atoms with van der Waals surface area (Å²) in [5, 5.41) is 2.25. The number of halogens is 1. The van der Waals surface area contributed by atoms with E-state index in [1.165, 1.54) is 29.7 Å². The average molecular weight is 707 g/mol. The number of anilines is 6. The predicted molar refractivity (Wildman–Crippen MR) is 224 cm³/mol. The molecule has 0 fully saturated rings. The molecule has 9 rings (SSSR count). The molecule has 4 heteroatoms. The second kappa shape index (κ2) is 13.1. The molecule has 0 bridgehead atoms. The van der Waals surface area contributed by atoms with Crippen LogP contribution in [0.15, 0.2) is 168 Å². The highest BCUT2D eigenvalue weighted by molar-refractivity contribution is 6.06. The summed E-state index contributed by atoms with van der Waals surface area (Å²) in [5.74, 6) is -0.251. The van der Waals surface area contributed by atoms with Crippen molar-refractivity contribution >= 4 is 56.1 Å². The second-order valence-electron chi connectivity index (χ2n) is 15.9. The Morgan fingerprint density at radius 1 is 0.426 bits per heavy atom. The lowest BCUT2D eigenvalue weighted by Gasteiger charge is -2.42. The molecule has 0 N–H and O–H groups in total. The van der Waals surface area contributed by atoms with Gasteiger partial charge in [-0.25, -0.2) is 4.39 Å². The Balaban J connectivity index is 1.10. The molecule has 1 heterocycles. The van der Waals surface area contributed by atoms with Crippen LogP contribution in [0, 0.1) is 5.82 Å². The number of hydrogen-bond acceptors (Lipinski definition) is 3. The van der Waals surface area contributed by atoms with Crippen molar-refractivity contribution in [1.82, 2.24) is 0 Å². The molecule has 0 saturated carbocycles. The molecule has 0 aliphatic heterocycles. The van der Waals surface area contributed by atoms with Crippen LogP contribution in [0.1, 0.15) is 51.7 Å². The maximum atomic E-state index is 13.9. The van der Waals surface area contributed by atoms with Crippen molar-refractivity contribution in [3.05, 3.63) is 181 Å². The van der Waals surface area contributed by atoms with E-state index in [1.54, 1.807) is 0 Å². The van der Waals surface area contributed by atoms with Gasteiger partial charge in [-0.1, -0.05) is 94.4 Å². The zero-order valence-corrected chi connectivity index (χ0v) is 31.2. The number of benzene rings is 7. The molecule has 266 valence electrons. The monoisotopic (exact) mass is 706 g/mol. The highest BCUT2D eigenvalue weighted by atomic mass is 19.1. The van der Waals surface area contributed by atoms with Gasteiger partial charge in [0, 0.05) is 51.0 Å². The highest BCUT2D eigenvalue weighted by Gasteiger charge is 2.37. The topological polar surface area (TPSA) is 19.6 Å². The van der Waals surface area contributed by atoms with E-state index < -0.39 is 0 Å². The molecule has 0 amide bonds. The van der Waals surface area contributed by atoms with E-state index in [-0.39, 0.29) is 16.6 Å². The largest absolute Gasteiger partial charge is 0.456 e. The van der Waals surface area contributed by atoms with E-state index in [4.69, 9.17) is 4.42 Å². The fourth-order valence-electron chi connectivity index (χ4n) is 8.24. The molecule has 8 aromatic rings. The minimum atomic E-state index is -0.251. The van der Waals surface area contributed by atoms with E-state index in [1.807, 2.05) is 42.5 Å². The average Bonchev–Trinajstić information content (AvgIpc) is 3.57. The van der Waals surface area contributed by atoms with Gasteiger partial charge in [-0.3, -0.25) is 0 Å². The molecule has 54 heavy (non-hydrogen) atoms. The third-order valence-corrected chi connectivity index (χ3v) is 11.4. The van der Waals surface area contributed by atoms with Crippen molar-refractivity contribution in [2.45, 2.75) is 51.4 Å². The van der Waals surface area contributed by atoms with Crippen molar-refractivity contribution in [3.8, 4) is 11.1 Å². The molecule has 3 nitrogen and oxygen atoms in total. The van der Waals surface area contributed by atoms with Gasteiger partial charge in [0.25, 0.3) is 0 Å². The fraction of sp³-hybridized carbons (Fsp3) is 0.160. The molecule has 1 aliphatic rings. The molecule has 0 saturated heterocycles.